The highest BCUT2D eigenvalue weighted by Gasteiger charge is 2.16. The molecule has 0 aliphatic heterocycles. The number of ether oxygens (including phenoxy) is 2. The molecular formula is C22H20N2O5. The Labute approximate surface area is 167 Å². The minimum absolute atomic E-state index is 0.0109. The van der Waals surface area contributed by atoms with Crippen LogP contribution in [0.2, 0.25) is 0 Å². The topological polar surface area (TPSA) is 96.9 Å². The minimum Gasteiger partial charge on any atom is -0.507 e. The number of methoxy groups -OCH3 is 2. The summed E-state index contributed by atoms with van der Waals surface area (Å²) in [5.41, 5.74) is 1.33. The Morgan fingerprint density at radius 3 is 1.69 bits per heavy atom. The van der Waals surface area contributed by atoms with Crippen molar-refractivity contribution in [1.29, 1.82) is 0 Å². The standard InChI is InChI=1S/C22H20N2O5/c1-28-17-8-4-15(5-9-17)23-21(26)14-3-12-20(25)19(13-14)22(27)24-16-6-10-18(29-2)11-7-16/h3-13,25H,1-2H3,(H,23,26)(H,24,27). The van der Waals surface area contributed by atoms with Crippen molar-refractivity contribution in [2.45, 2.75) is 0 Å². The van der Waals surface area contributed by atoms with Crippen LogP contribution in [0.5, 0.6) is 17.2 Å². The van der Waals surface area contributed by atoms with E-state index in [1.54, 1.807) is 62.8 Å². The van der Waals surface area contributed by atoms with Crippen molar-refractivity contribution in [2.75, 3.05) is 24.9 Å². The lowest BCUT2D eigenvalue weighted by Crippen LogP contribution is -2.15. The molecule has 7 heteroatoms. The highest BCUT2D eigenvalue weighted by atomic mass is 16.5. The molecule has 0 saturated carbocycles. The quantitative estimate of drug-likeness (QED) is 0.591. The molecule has 0 aromatic heterocycles. The Bertz CT molecular complexity index is 1010. The normalized spacial score (nSPS) is 10.1. The largest absolute Gasteiger partial charge is 0.507 e. The maximum Gasteiger partial charge on any atom is 0.259 e. The third-order valence-corrected chi connectivity index (χ3v) is 4.20. The van der Waals surface area contributed by atoms with E-state index in [-0.39, 0.29) is 16.9 Å². The fraction of sp³-hybridized carbons (Fsp3) is 0.0909. The molecule has 0 aliphatic carbocycles. The first-order chi connectivity index (χ1) is 14.0. The van der Waals surface area contributed by atoms with Gasteiger partial charge in [-0.05, 0) is 66.7 Å². The first kappa shape index (κ1) is 19.8. The Morgan fingerprint density at radius 1 is 0.724 bits per heavy atom. The van der Waals surface area contributed by atoms with E-state index in [0.29, 0.717) is 22.9 Å². The van der Waals surface area contributed by atoms with E-state index in [1.165, 1.54) is 18.2 Å². The molecule has 2 amide bonds. The maximum absolute atomic E-state index is 12.5. The van der Waals surface area contributed by atoms with E-state index in [1.807, 2.05) is 0 Å². The average molecular weight is 392 g/mol. The molecular weight excluding hydrogens is 372 g/mol. The van der Waals surface area contributed by atoms with Gasteiger partial charge >= 0.3 is 0 Å². The van der Waals surface area contributed by atoms with Gasteiger partial charge in [0, 0.05) is 16.9 Å². The monoisotopic (exact) mass is 392 g/mol. The molecule has 0 bridgehead atoms. The first-order valence-corrected chi connectivity index (χ1v) is 8.74. The number of phenolic OH excluding ortho intramolecular Hbond substituents is 1. The first-order valence-electron chi connectivity index (χ1n) is 8.74. The van der Waals surface area contributed by atoms with Gasteiger partial charge in [0.1, 0.15) is 17.2 Å². The number of aromatic hydroxyl groups is 1. The van der Waals surface area contributed by atoms with Gasteiger partial charge in [-0.1, -0.05) is 0 Å². The van der Waals surface area contributed by atoms with Gasteiger partial charge in [-0.2, -0.15) is 0 Å². The minimum atomic E-state index is -0.535. The van der Waals surface area contributed by atoms with Crippen LogP contribution >= 0.6 is 0 Å². The average Bonchev–Trinajstić information content (AvgIpc) is 2.75. The molecule has 0 atom stereocenters. The van der Waals surface area contributed by atoms with Gasteiger partial charge in [0.15, 0.2) is 0 Å². The summed E-state index contributed by atoms with van der Waals surface area (Å²) in [6.45, 7) is 0. The number of carbonyl (C=O) groups excluding carboxylic acids is 2. The van der Waals surface area contributed by atoms with Crippen LogP contribution in [0.25, 0.3) is 0 Å². The molecule has 0 radical (unpaired) electrons. The molecule has 0 spiro atoms. The summed E-state index contributed by atoms with van der Waals surface area (Å²) >= 11 is 0. The summed E-state index contributed by atoms with van der Waals surface area (Å²) in [5.74, 6) is 0.158. The van der Waals surface area contributed by atoms with Crippen LogP contribution in [-0.4, -0.2) is 31.1 Å². The fourth-order valence-electron chi connectivity index (χ4n) is 2.61. The number of carbonyl (C=O) groups is 2. The lowest BCUT2D eigenvalue weighted by Gasteiger charge is -2.10. The second-order valence-electron chi connectivity index (χ2n) is 6.10. The van der Waals surface area contributed by atoms with Gasteiger partial charge < -0.3 is 25.2 Å². The van der Waals surface area contributed by atoms with E-state index >= 15 is 0 Å². The van der Waals surface area contributed by atoms with E-state index < -0.39 is 11.8 Å². The maximum atomic E-state index is 12.5. The number of anilines is 2. The van der Waals surface area contributed by atoms with Gasteiger partial charge in [0.05, 0.1) is 19.8 Å². The Kier molecular flexibility index (Phi) is 5.99. The number of benzene rings is 3. The Balaban J connectivity index is 1.75. The summed E-state index contributed by atoms with van der Waals surface area (Å²) in [7, 11) is 3.11. The van der Waals surface area contributed by atoms with Gasteiger partial charge in [-0.3, -0.25) is 9.59 Å². The van der Waals surface area contributed by atoms with Gasteiger partial charge in [0.2, 0.25) is 0 Å². The summed E-state index contributed by atoms with van der Waals surface area (Å²) in [6.07, 6.45) is 0. The van der Waals surface area contributed by atoms with Crippen molar-refractivity contribution in [1.82, 2.24) is 0 Å². The molecule has 0 unspecified atom stereocenters. The molecule has 3 rings (SSSR count). The summed E-state index contributed by atoms with van der Waals surface area (Å²) in [6, 6.07) is 17.7. The summed E-state index contributed by atoms with van der Waals surface area (Å²) in [5, 5.41) is 15.5. The van der Waals surface area contributed by atoms with Crippen molar-refractivity contribution in [3.05, 3.63) is 77.9 Å². The third kappa shape index (κ3) is 4.84. The summed E-state index contributed by atoms with van der Waals surface area (Å²) in [4.78, 5) is 25.1. The zero-order chi connectivity index (χ0) is 20.8. The number of phenols is 1. The molecule has 0 saturated heterocycles. The highest BCUT2D eigenvalue weighted by molar-refractivity contribution is 6.10. The van der Waals surface area contributed by atoms with Crippen molar-refractivity contribution in [3.8, 4) is 17.2 Å². The van der Waals surface area contributed by atoms with Crippen LogP contribution in [0, 0.1) is 0 Å². The lowest BCUT2D eigenvalue weighted by atomic mass is 10.1. The second-order valence-corrected chi connectivity index (χ2v) is 6.10. The Hall–Kier alpha value is -4.00. The summed E-state index contributed by atoms with van der Waals surface area (Å²) < 4.78 is 10.2. The van der Waals surface area contributed by atoms with E-state index in [4.69, 9.17) is 9.47 Å². The van der Waals surface area contributed by atoms with E-state index in [2.05, 4.69) is 10.6 Å². The zero-order valence-electron chi connectivity index (χ0n) is 15.9. The van der Waals surface area contributed by atoms with Crippen LogP contribution in [0.4, 0.5) is 11.4 Å². The number of hydrogen-bond acceptors (Lipinski definition) is 5. The number of nitrogens with one attached hydrogen (secondary N) is 2. The van der Waals surface area contributed by atoms with Crippen LogP contribution in [0.3, 0.4) is 0 Å². The van der Waals surface area contributed by atoms with Gasteiger partial charge in [-0.25, -0.2) is 0 Å². The SMILES string of the molecule is COc1ccc(NC(=O)c2ccc(O)c(C(=O)Nc3ccc(OC)cc3)c2)cc1. The van der Waals surface area contributed by atoms with Crippen molar-refractivity contribution in [2.24, 2.45) is 0 Å². The van der Waals surface area contributed by atoms with E-state index in [9.17, 15) is 14.7 Å². The Morgan fingerprint density at radius 2 is 1.21 bits per heavy atom. The molecule has 3 aromatic rings. The van der Waals surface area contributed by atoms with Crippen LogP contribution in [0.1, 0.15) is 20.7 Å². The number of hydrogen-bond donors (Lipinski definition) is 3. The molecule has 7 nitrogen and oxygen atoms in total. The zero-order valence-corrected chi connectivity index (χ0v) is 15.9. The predicted octanol–water partition coefficient (Wildman–Crippen LogP) is 3.91. The molecule has 3 N–H and O–H groups in total. The molecule has 0 aliphatic rings. The van der Waals surface area contributed by atoms with Crippen molar-refractivity contribution >= 4 is 23.2 Å². The molecule has 0 heterocycles. The fourth-order valence-corrected chi connectivity index (χ4v) is 2.61. The van der Waals surface area contributed by atoms with Gasteiger partial charge in [-0.15, -0.1) is 0 Å². The lowest BCUT2D eigenvalue weighted by molar-refractivity contribution is 0.102. The van der Waals surface area contributed by atoms with Gasteiger partial charge in [0.25, 0.3) is 11.8 Å². The van der Waals surface area contributed by atoms with Crippen LogP contribution in [0.15, 0.2) is 66.7 Å². The molecule has 29 heavy (non-hydrogen) atoms. The third-order valence-electron chi connectivity index (χ3n) is 4.20. The van der Waals surface area contributed by atoms with Crippen molar-refractivity contribution in [3.63, 3.8) is 0 Å². The number of amides is 2. The molecule has 148 valence electrons. The number of rotatable bonds is 6. The predicted molar refractivity (Wildman–Crippen MR) is 110 cm³/mol. The van der Waals surface area contributed by atoms with Crippen molar-refractivity contribution < 1.29 is 24.2 Å². The highest BCUT2D eigenvalue weighted by Crippen LogP contribution is 2.22. The molecule has 3 aromatic carbocycles. The second kappa shape index (κ2) is 8.79. The van der Waals surface area contributed by atoms with Crippen LogP contribution in [-0.2, 0) is 0 Å². The molecule has 0 fully saturated rings. The van der Waals surface area contributed by atoms with Crippen LogP contribution < -0.4 is 20.1 Å². The smallest absolute Gasteiger partial charge is 0.259 e. The van der Waals surface area contributed by atoms with E-state index in [0.717, 1.165) is 0 Å².